The molecular formula is C16H21NO3S. The summed E-state index contributed by atoms with van der Waals surface area (Å²) in [4.78, 5) is 14.1. The SMILES string of the molecule is CCc1ccc(N(C(=O)C(C)C)[C@@H]2C=CS(=O)(=O)C2)cc1. The van der Waals surface area contributed by atoms with Gasteiger partial charge in [-0.3, -0.25) is 4.79 Å². The Kier molecular flexibility index (Phi) is 4.52. The molecule has 1 aromatic carbocycles. The summed E-state index contributed by atoms with van der Waals surface area (Å²) in [6.45, 7) is 5.71. The summed E-state index contributed by atoms with van der Waals surface area (Å²) in [6, 6.07) is 7.31. The van der Waals surface area contributed by atoms with Gasteiger partial charge in [0.1, 0.15) is 0 Å². The maximum Gasteiger partial charge on any atom is 0.230 e. The largest absolute Gasteiger partial charge is 0.304 e. The third-order valence-corrected chi connectivity index (χ3v) is 4.97. The molecule has 1 aromatic rings. The van der Waals surface area contributed by atoms with E-state index in [2.05, 4.69) is 6.92 Å². The van der Waals surface area contributed by atoms with Crippen LogP contribution in [0, 0.1) is 5.92 Å². The van der Waals surface area contributed by atoms with Crippen LogP contribution in [0.5, 0.6) is 0 Å². The second kappa shape index (κ2) is 6.02. The second-order valence-corrected chi connectivity index (χ2v) is 7.54. The Balaban J connectivity index is 2.37. The van der Waals surface area contributed by atoms with E-state index in [1.807, 2.05) is 38.1 Å². The first-order chi connectivity index (χ1) is 9.84. The van der Waals surface area contributed by atoms with Crippen molar-refractivity contribution >= 4 is 21.4 Å². The molecule has 1 heterocycles. The van der Waals surface area contributed by atoms with Crippen LogP contribution in [0.2, 0.25) is 0 Å². The number of benzene rings is 1. The normalized spacial score (nSPS) is 19.9. The van der Waals surface area contributed by atoms with E-state index in [4.69, 9.17) is 0 Å². The molecule has 0 fully saturated rings. The monoisotopic (exact) mass is 307 g/mol. The Morgan fingerprint density at radius 3 is 2.33 bits per heavy atom. The summed E-state index contributed by atoms with van der Waals surface area (Å²) in [7, 11) is -3.19. The summed E-state index contributed by atoms with van der Waals surface area (Å²) < 4.78 is 23.3. The fourth-order valence-corrected chi connectivity index (χ4v) is 3.64. The molecule has 114 valence electrons. The van der Waals surface area contributed by atoms with Gasteiger partial charge in [-0.05, 0) is 30.2 Å². The molecule has 5 heteroatoms. The van der Waals surface area contributed by atoms with E-state index in [-0.39, 0.29) is 17.6 Å². The zero-order chi connectivity index (χ0) is 15.6. The van der Waals surface area contributed by atoms with Crippen LogP contribution in [0.25, 0.3) is 0 Å². The number of sulfone groups is 1. The van der Waals surface area contributed by atoms with Gasteiger partial charge in [-0.2, -0.15) is 0 Å². The molecule has 0 saturated carbocycles. The zero-order valence-corrected chi connectivity index (χ0v) is 13.4. The Hall–Kier alpha value is -1.62. The number of aryl methyl sites for hydroxylation is 1. The van der Waals surface area contributed by atoms with Gasteiger partial charge in [0, 0.05) is 17.0 Å². The summed E-state index contributed by atoms with van der Waals surface area (Å²) in [5.41, 5.74) is 1.93. The van der Waals surface area contributed by atoms with Crippen molar-refractivity contribution < 1.29 is 13.2 Å². The fraction of sp³-hybridized carbons (Fsp3) is 0.438. The molecule has 0 unspecified atom stereocenters. The lowest BCUT2D eigenvalue weighted by molar-refractivity contribution is -0.121. The quantitative estimate of drug-likeness (QED) is 0.859. The maximum atomic E-state index is 12.5. The van der Waals surface area contributed by atoms with Crippen molar-refractivity contribution in [2.24, 2.45) is 5.92 Å². The van der Waals surface area contributed by atoms with E-state index in [9.17, 15) is 13.2 Å². The van der Waals surface area contributed by atoms with Crippen molar-refractivity contribution in [2.75, 3.05) is 10.7 Å². The smallest absolute Gasteiger partial charge is 0.230 e. The van der Waals surface area contributed by atoms with Crippen molar-refractivity contribution in [1.29, 1.82) is 0 Å². The van der Waals surface area contributed by atoms with Crippen LogP contribution >= 0.6 is 0 Å². The number of amides is 1. The summed E-state index contributed by atoms with van der Waals surface area (Å²) in [6.07, 6.45) is 2.53. The van der Waals surface area contributed by atoms with Crippen molar-refractivity contribution in [3.63, 3.8) is 0 Å². The average molecular weight is 307 g/mol. The Morgan fingerprint density at radius 2 is 1.90 bits per heavy atom. The molecule has 4 nitrogen and oxygen atoms in total. The summed E-state index contributed by atoms with van der Waals surface area (Å²) in [5, 5.41) is 1.21. The van der Waals surface area contributed by atoms with Crippen LogP contribution in [0.1, 0.15) is 26.3 Å². The minimum absolute atomic E-state index is 0.0407. The highest BCUT2D eigenvalue weighted by Gasteiger charge is 2.32. The lowest BCUT2D eigenvalue weighted by Crippen LogP contribution is -2.43. The Labute approximate surface area is 126 Å². The molecule has 1 atom stereocenters. The average Bonchev–Trinajstić information content (AvgIpc) is 2.79. The number of anilines is 1. The molecule has 1 amide bonds. The summed E-state index contributed by atoms with van der Waals surface area (Å²) >= 11 is 0. The second-order valence-electron chi connectivity index (χ2n) is 5.61. The van der Waals surface area contributed by atoms with E-state index >= 15 is 0 Å². The molecule has 2 rings (SSSR count). The molecule has 0 bridgehead atoms. The van der Waals surface area contributed by atoms with Crippen LogP contribution < -0.4 is 4.90 Å². The third-order valence-electron chi connectivity index (χ3n) is 3.60. The number of hydrogen-bond donors (Lipinski definition) is 0. The maximum absolute atomic E-state index is 12.5. The molecule has 0 aliphatic carbocycles. The van der Waals surface area contributed by atoms with E-state index in [1.54, 1.807) is 11.0 Å². The van der Waals surface area contributed by atoms with Crippen molar-refractivity contribution in [2.45, 2.75) is 33.2 Å². The third kappa shape index (κ3) is 3.53. The topological polar surface area (TPSA) is 54.5 Å². The number of carbonyl (C=O) groups excluding carboxylic acids is 1. The number of nitrogens with zero attached hydrogens (tertiary/aromatic N) is 1. The highest BCUT2D eigenvalue weighted by Crippen LogP contribution is 2.25. The van der Waals surface area contributed by atoms with Crippen molar-refractivity contribution in [3.05, 3.63) is 41.3 Å². The van der Waals surface area contributed by atoms with Gasteiger partial charge in [0.15, 0.2) is 9.84 Å². The molecule has 21 heavy (non-hydrogen) atoms. The zero-order valence-electron chi connectivity index (χ0n) is 12.6. The van der Waals surface area contributed by atoms with E-state index < -0.39 is 15.9 Å². The van der Waals surface area contributed by atoms with Crippen molar-refractivity contribution in [3.8, 4) is 0 Å². The van der Waals surface area contributed by atoms with E-state index in [1.165, 1.54) is 11.0 Å². The summed E-state index contributed by atoms with van der Waals surface area (Å²) in [5.74, 6) is -0.292. The van der Waals surface area contributed by atoms with E-state index in [0.29, 0.717) is 0 Å². The molecular weight excluding hydrogens is 286 g/mol. The van der Waals surface area contributed by atoms with Gasteiger partial charge >= 0.3 is 0 Å². The van der Waals surface area contributed by atoms with Gasteiger partial charge in [-0.25, -0.2) is 8.42 Å². The first kappa shape index (κ1) is 15.8. The Bertz CT molecular complexity index is 645. The van der Waals surface area contributed by atoms with Gasteiger partial charge in [-0.1, -0.05) is 32.9 Å². The molecule has 1 aliphatic rings. The van der Waals surface area contributed by atoms with Gasteiger partial charge in [0.05, 0.1) is 11.8 Å². The minimum atomic E-state index is -3.19. The minimum Gasteiger partial charge on any atom is -0.304 e. The van der Waals surface area contributed by atoms with Gasteiger partial charge in [-0.15, -0.1) is 0 Å². The van der Waals surface area contributed by atoms with Crippen LogP contribution in [0.3, 0.4) is 0 Å². The van der Waals surface area contributed by atoms with Gasteiger partial charge in [0.25, 0.3) is 0 Å². The number of rotatable bonds is 4. The fourth-order valence-electron chi connectivity index (χ4n) is 2.37. The highest BCUT2D eigenvalue weighted by atomic mass is 32.2. The first-order valence-corrected chi connectivity index (χ1v) is 8.88. The molecule has 0 spiro atoms. The lowest BCUT2D eigenvalue weighted by Gasteiger charge is -2.29. The van der Waals surface area contributed by atoms with Gasteiger partial charge < -0.3 is 4.90 Å². The van der Waals surface area contributed by atoms with Crippen LogP contribution in [0.4, 0.5) is 5.69 Å². The predicted octanol–water partition coefficient (Wildman–Crippen LogP) is 2.55. The molecule has 0 aromatic heterocycles. The van der Waals surface area contributed by atoms with Crippen LogP contribution in [0.15, 0.2) is 35.7 Å². The standard InChI is InChI=1S/C16H21NO3S/c1-4-13-5-7-14(8-6-13)17(16(18)12(2)3)15-9-10-21(19,20)11-15/h5-10,12,15H,4,11H2,1-3H3/t15-/m1/s1. The molecule has 0 saturated heterocycles. The van der Waals surface area contributed by atoms with E-state index in [0.717, 1.165) is 12.1 Å². The highest BCUT2D eigenvalue weighted by molar-refractivity contribution is 7.94. The van der Waals surface area contributed by atoms with Crippen LogP contribution in [-0.4, -0.2) is 26.1 Å². The number of carbonyl (C=O) groups is 1. The lowest BCUT2D eigenvalue weighted by atomic mass is 10.1. The number of hydrogen-bond acceptors (Lipinski definition) is 3. The van der Waals surface area contributed by atoms with Gasteiger partial charge in [0.2, 0.25) is 5.91 Å². The molecule has 0 N–H and O–H groups in total. The molecule has 1 aliphatic heterocycles. The molecule has 0 radical (unpaired) electrons. The van der Waals surface area contributed by atoms with Crippen molar-refractivity contribution in [1.82, 2.24) is 0 Å². The van der Waals surface area contributed by atoms with Crippen LogP contribution in [-0.2, 0) is 21.1 Å². The Morgan fingerprint density at radius 1 is 1.29 bits per heavy atom. The first-order valence-electron chi connectivity index (χ1n) is 7.17. The predicted molar refractivity (Wildman–Crippen MR) is 84.9 cm³/mol.